The van der Waals surface area contributed by atoms with Gasteiger partial charge in [0, 0.05) is 61.6 Å². The van der Waals surface area contributed by atoms with Gasteiger partial charge in [0.1, 0.15) is 0 Å². The maximum atomic E-state index is 12.7. The molecule has 0 atom stereocenters. The fourth-order valence-corrected chi connectivity index (χ4v) is 3.57. The van der Waals surface area contributed by atoms with E-state index in [0.717, 1.165) is 6.20 Å². The second kappa shape index (κ2) is 11.2. The van der Waals surface area contributed by atoms with Crippen molar-refractivity contribution in [2.45, 2.75) is 46.7 Å². The minimum Gasteiger partial charge on any atom is -0.470 e. The summed E-state index contributed by atoms with van der Waals surface area (Å²) in [4.78, 5) is 12.7. The Labute approximate surface area is 253 Å². The van der Waals surface area contributed by atoms with Crippen LogP contribution in [0.5, 0.6) is 0 Å². The van der Waals surface area contributed by atoms with Crippen LogP contribution in [0.3, 0.4) is 0 Å². The van der Waals surface area contributed by atoms with Gasteiger partial charge in [-0.15, -0.1) is 53.1 Å². The van der Waals surface area contributed by atoms with Gasteiger partial charge in [0.15, 0.2) is 5.82 Å². The van der Waals surface area contributed by atoms with Gasteiger partial charge in [-0.2, -0.15) is 9.50 Å². The number of hydrogen-bond donors (Lipinski definition) is 0. The van der Waals surface area contributed by atoms with E-state index in [9.17, 15) is 4.39 Å². The average Bonchev–Trinajstić information content (AvgIpc) is 3.55. The molecule has 8 heteroatoms. The molecule has 0 unspecified atom stereocenters. The first-order chi connectivity index (χ1) is 21.7. The molecule has 0 amide bonds. The number of hydrogen-bond acceptors (Lipinski definition) is 5. The van der Waals surface area contributed by atoms with Crippen LogP contribution in [0.1, 0.15) is 55.6 Å². The van der Waals surface area contributed by atoms with E-state index in [1.807, 2.05) is 20.8 Å². The van der Waals surface area contributed by atoms with Crippen LogP contribution in [-0.4, -0.2) is 24.6 Å². The minimum absolute atomic E-state index is 0. The van der Waals surface area contributed by atoms with E-state index >= 15 is 0 Å². The van der Waals surface area contributed by atoms with E-state index in [4.69, 9.17) is 16.8 Å². The second-order valence-corrected chi connectivity index (χ2v) is 9.52. The van der Waals surface area contributed by atoms with Gasteiger partial charge in [-0.3, -0.25) is 4.39 Å². The molecule has 6 nitrogen and oxygen atoms in total. The molecule has 0 spiro atoms. The fraction of sp³-hybridized carbons (Fsp3) is 0.226. The monoisotopic (exact) mass is 707 g/mol. The van der Waals surface area contributed by atoms with Gasteiger partial charge < -0.3 is 14.4 Å². The van der Waals surface area contributed by atoms with Crippen molar-refractivity contribution >= 4 is 16.9 Å². The Bertz CT molecular complexity index is 2050. The third-order valence-corrected chi connectivity index (χ3v) is 5.57. The van der Waals surface area contributed by atoms with Gasteiger partial charge in [0.25, 0.3) is 0 Å². The molecule has 0 N–H and O–H groups in total. The summed E-state index contributed by atoms with van der Waals surface area (Å²) in [7, 11) is 0. The summed E-state index contributed by atoms with van der Waals surface area (Å²) < 4.78 is 87.9. The second-order valence-electron chi connectivity index (χ2n) is 9.52. The summed E-state index contributed by atoms with van der Waals surface area (Å²) in [5, 5.41) is 4.52. The molecule has 0 bridgehead atoms. The molecule has 0 saturated carbocycles. The van der Waals surface area contributed by atoms with Gasteiger partial charge in [0.05, 0.1) is 5.58 Å². The molecule has 4 heterocycles. The first kappa shape index (κ1) is 18.5. The summed E-state index contributed by atoms with van der Waals surface area (Å²) in [6.45, 7) is -1.38. The molecular weight excluding hydrogens is 670 g/mol. The molecule has 0 fully saturated rings. The summed E-state index contributed by atoms with van der Waals surface area (Å²) in [5.74, 6) is 0.557. The van der Waals surface area contributed by atoms with Gasteiger partial charge >= 0.3 is 5.84 Å². The third-order valence-electron chi connectivity index (χ3n) is 5.57. The zero-order valence-electron chi connectivity index (χ0n) is 30.1. The molecule has 0 aliphatic carbocycles. The Morgan fingerprint density at radius 1 is 0.949 bits per heavy atom. The molecule has 0 aliphatic rings. The molecule has 0 saturated heterocycles. The van der Waals surface area contributed by atoms with Crippen LogP contribution in [-0.2, 0) is 25.5 Å². The van der Waals surface area contributed by atoms with E-state index < -0.39 is 20.6 Å². The van der Waals surface area contributed by atoms with Crippen molar-refractivity contribution in [2.75, 3.05) is 0 Å². The Kier molecular flexibility index (Phi) is 5.30. The molecule has 2 aromatic carbocycles. The Hall–Kier alpha value is -3.74. The number of nitrogens with zero attached hydrogens (tertiary/aromatic N) is 5. The van der Waals surface area contributed by atoms with Crippen LogP contribution in [0.25, 0.3) is 39.5 Å². The number of aryl methyl sites for hydroxylation is 3. The van der Waals surface area contributed by atoms with Crippen molar-refractivity contribution in [2.24, 2.45) is 0 Å². The van der Waals surface area contributed by atoms with Gasteiger partial charge in [0.2, 0.25) is 0 Å². The number of pyridine rings is 2. The predicted molar refractivity (Wildman–Crippen MR) is 146 cm³/mol. The summed E-state index contributed by atoms with van der Waals surface area (Å²) >= 11 is 0. The number of rotatable bonds is 2. The van der Waals surface area contributed by atoms with E-state index in [-0.39, 0.29) is 53.7 Å². The van der Waals surface area contributed by atoms with Crippen molar-refractivity contribution in [1.29, 1.82) is 0 Å². The van der Waals surface area contributed by atoms with E-state index in [2.05, 4.69) is 32.2 Å². The normalized spacial score (nSPS) is 15.6. The summed E-state index contributed by atoms with van der Waals surface area (Å²) in [6, 6.07) is 17.6. The molecule has 39 heavy (non-hydrogen) atoms. The van der Waals surface area contributed by atoms with Crippen molar-refractivity contribution in [3.8, 4) is 22.5 Å². The molecule has 6 rings (SSSR count). The molecule has 6 aromatic rings. The van der Waals surface area contributed by atoms with E-state index in [1.165, 1.54) is 30.5 Å². The minimum atomic E-state index is -2.61. The largest absolute Gasteiger partial charge is 0.470 e. The Balaban J connectivity index is 0.000000246. The fourth-order valence-electron chi connectivity index (χ4n) is 3.57. The zero-order valence-corrected chi connectivity index (χ0v) is 23.5. The molecule has 201 valence electrons. The van der Waals surface area contributed by atoms with Crippen molar-refractivity contribution < 1.29 is 41.2 Å². The van der Waals surface area contributed by atoms with Crippen LogP contribution in [0.4, 0.5) is 4.39 Å². The topological polar surface area (TPSA) is 69.1 Å². The number of halogens is 1. The van der Waals surface area contributed by atoms with Crippen molar-refractivity contribution in [3.05, 3.63) is 101 Å². The summed E-state index contributed by atoms with van der Waals surface area (Å²) in [6.07, 6.45) is 2.39. The van der Waals surface area contributed by atoms with Crippen LogP contribution >= 0.6 is 0 Å². The number of aromatic nitrogens is 5. The van der Waals surface area contributed by atoms with E-state index in [1.54, 1.807) is 28.8 Å². The van der Waals surface area contributed by atoms with Crippen LogP contribution in [0.15, 0.2) is 65.3 Å². The average molecular weight is 707 g/mol. The first-order valence-corrected chi connectivity index (χ1v) is 11.6. The smallest absolute Gasteiger partial charge is 0.314 e. The third kappa shape index (κ3) is 5.97. The predicted octanol–water partition coefficient (Wildman–Crippen LogP) is 7.25. The molecular formula is C31H28FIrN5O-2. The molecule has 4 aromatic heterocycles. The van der Waals surface area contributed by atoms with Crippen LogP contribution in [0, 0.1) is 38.5 Å². The quantitative estimate of drug-likeness (QED) is 0.178. The first-order valence-electron chi connectivity index (χ1n) is 16.1. The van der Waals surface area contributed by atoms with Crippen LogP contribution in [0.2, 0.25) is 0 Å². The standard InChI is InChI=1S/C19H19N4O.C12H9FN.Ir/c1-11-9-14(20-10-12(11)2)13-7-6-8-15-16(13)24-18-21-17(19(3,4)5)22-23(15)18;1-9-2-7-12(14-8-9)10-3-5-11(13)6-4-10;/h6,8-10H,1-5H3;2-3,5-8H,1H3;/q2*-1;/i1D3,2D3;1D3;. The Morgan fingerprint density at radius 3 is 2.44 bits per heavy atom. The van der Waals surface area contributed by atoms with Crippen LogP contribution < -0.4 is 0 Å². The van der Waals surface area contributed by atoms with E-state index in [0.29, 0.717) is 39.6 Å². The molecule has 0 aliphatic heterocycles. The van der Waals surface area contributed by atoms with Crippen molar-refractivity contribution in [1.82, 2.24) is 24.6 Å². The zero-order chi connectivity index (χ0) is 34.5. The maximum absolute atomic E-state index is 12.7. The van der Waals surface area contributed by atoms with Gasteiger partial charge in [-0.05, 0) is 43.1 Å². The Morgan fingerprint density at radius 2 is 1.77 bits per heavy atom. The SMILES string of the molecule is [2H]C([2H])([2H])c1ccc(-c2[c-]cc(F)cc2)nc1.[2H]C([2H])([2H])c1cnc(-c2[c-]ccc3c2oc2nc(C(C)(C)C)nn23)cc1C([2H])([2H])[2H].[Ir]. The number of oxazole rings is 1. The number of fused-ring (bicyclic) bond motifs is 3. The van der Waals surface area contributed by atoms with Crippen molar-refractivity contribution in [3.63, 3.8) is 0 Å². The molecule has 1 radical (unpaired) electrons. The van der Waals surface area contributed by atoms with Gasteiger partial charge in [-0.1, -0.05) is 50.1 Å². The number of benzene rings is 2. The maximum Gasteiger partial charge on any atom is 0.314 e. The van der Waals surface area contributed by atoms with Gasteiger partial charge in [-0.25, -0.2) is 0 Å². The summed E-state index contributed by atoms with van der Waals surface area (Å²) in [5.41, 5.74) is 2.20.